The van der Waals surface area contributed by atoms with Crippen molar-refractivity contribution in [2.75, 3.05) is 6.54 Å². The van der Waals surface area contributed by atoms with Gasteiger partial charge in [-0.2, -0.15) is 0 Å². The molecule has 1 aromatic carbocycles. The van der Waals surface area contributed by atoms with Gasteiger partial charge >= 0.3 is 0 Å². The molecule has 2 N–H and O–H groups in total. The summed E-state index contributed by atoms with van der Waals surface area (Å²) in [4.78, 5) is 4.66. The molecule has 0 radical (unpaired) electrons. The molecule has 0 aliphatic carbocycles. The van der Waals surface area contributed by atoms with E-state index in [1.54, 1.807) is 11.3 Å². The van der Waals surface area contributed by atoms with Crippen molar-refractivity contribution in [1.82, 2.24) is 4.98 Å². The molecule has 0 unspecified atom stereocenters. The Kier molecular flexibility index (Phi) is 2.92. The molecule has 19 heavy (non-hydrogen) atoms. The Hall–Kier alpha value is -1.65. The molecule has 0 aliphatic heterocycles. The van der Waals surface area contributed by atoms with Crippen LogP contribution < -0.4 is 5.73 Å². The number of rotatable bonds is 3. The maximum atomic E-state index is 5.83. The lowest BCUT2D eigenvalue weighted by molar-refractivity contribution is 0.535. The first-order valence-electron chi connectivity index (χ1n) is 6.25. The minimum Gasteiger partial charge on any atom is -0.454 e. The second-order valence-corrected chi connectivity index (χ2v) is 6.13. The zero-order valence-corrected chi connectivity index (χ0v) is 11.8. The predicted molar refractivity (Wildman–Crippen MR) is 79.4 cm³/mol. The van der Waals surface area contributed by atoms with E-state index in [0.717, 1.165) is 27.4 Å². The Labute approximate surface area is 116 Å². The number of fused-ring (bicyclic) bond motifs is 1. The number of furan rings is 1. The Balaban J connectivity index is 2.03. The molecule has 2 heterocycles. The van der Waals surface area contributed by atoms with Gasteiger partial charge in [0.15, 0.2) is 5.76 Å². The number of hydrogen-bond acceptors (Lipinski definition) is 4. The van der Waals surface area contributed by atoms with Gasteiger partial charge in [0.25, 0.3) is 0 Å². The Bertz CT molecular complexity index is 679. The molecule has 0 saturated heterocycles. The zero-order valence-electron chi connectivity index (χ0n) is 11.0. The number of thiazole rings is 1. The SMILES string of the molecule is CC(C)(CN)c1nc(-c2cc3ccccc3o2)cs1. The van der Waals surface area contributed by atoms with Crippen LogP contribution in [0.5, 0.6) is 0 Å². The quantitative estimate of drug-likeness (QED) is 0.789. The summed E-state index contributed by atoms with van der Waals surface area (Å²) in [5, 5.41) is 4.18. The molecule has 0 fully saturated rings. The van der Waals surface area contributed by atoms with Gasteiger partial charge in [0.2, 0.25) is 0 Å². The second kappa shape index (κ2) is 4.47. The molecule has 0 spiro atoms. The van der Waals surface area contributed by atoms with Crippen LogP contribution in [0.2, 0.25) is 0 Å². The Morgan fingerprint density at radius 1 is 1.32 bits per heavy atom. The fourth-order valence-electron chi connectivity index (χ4n) is 1.89. The molecule has 4 heteroatoms. The van der Waals surface area contributed by atoms with Crippen LogP contribution in [-0.4, -0.2) is 11.5 Å². The third-order valence-electron chi connectivity index (χ3n) is 3.27. The Morgan fingerprint density at radius 3 is 2.84 bits per heavy atom. The summed E-state index contributed by atoms with van der Waals surface area (Å²) in [5.41, 5.74) is 7.48. The molecular formula is C15H16N2OS. The highest BCUT2D eigenvalue weighted by Gasteiger charge is 2.23. The van der Waals surface area contributed by atoms with E-state index in [1.165, 1.54) is 0 Å². The van der Waals surface area contributed by atoms with Crippen LogP contribution in [0.15, 0.2) is 40.1 Å². The third-order valence-corrected chi connectivity index (χ3v) is 4.48. The molecule has 0 saturated carbocycles. The molecule has 2 aromatic heterocycles. The molecule has 3 rings (SSSR count). The average Bonchev–Trinajstić information content (AvgIpc) is 3.05. The normalized spacial score (nSPS) is 12.2. The maximum absolute atomic E-state index is 5.83. The molecule has 0 amide bonds. The molecule has 0 bridgehead atoms. The number of benzene rings is 1. The summed E-state index contributed by atoms with van der Waals surface area (Å²) in [6.07, 6.45) is 0. The second-order valence-electron chi connectivity index (χ2n) is 5.27. The summed E-state index contributed by atoms with van der Waals surface area (Å²) in [5.74, 6) is 0.816. The van der Waals surface area contributed by atoms with Crippen molar-refractivity contribution in [3.8, 4) is 11.5 Å². The first-order valence-corrected chi connectivity index (χ1v) is 7.13. The Morgan fingerprint density at radius 2 is 2.11 bits per heavy atom. The molecular weight excluding hydrogens is 256 g/mol. The van der Waals surface area contributed by atoms with Gasteiger partial charge in [0, 0.05) is 22.7 Å². The van der Waals surface area contributed by atoms with Crippen molar-refractivity contribution in [3.63, 3.8) is 0 Å². The van der Waals surface area contributed by atoms with E-state index in [1.807, 2.05) is 35.7 Å². The van der Waals surface area contributed by atoms with E-state index < -0.39 is 0 Å². The van der Waals surface area contributed by atoms with Gasteiger partial charge in [-0.05, 0) is 12.1 Å². The van der Waals surface area contributed by atoms with E-state index >= 15 is 0 Å². The first kappa shape index (κ1) is 12.4. The van der Waals surface area contributed by atoms with Crippen LogP contribution in [0.3, 0.4) is 0 Å². The van der Waals surface area contributed by atoms with Gasteiger partial charge < -0.3 is 10.2 Å². The summed E-state index contributed by atoms with van der Waals surface area (Å²) >= 11 is 1.63. The van der Waals surface area contributed by atoms with Crippen molar-refractivity contribution in [1.29, 1.82) is 0 Å². The molecule has 0 aliphatic rings. The summed E-state index contributed by atoms with van der Waals surface area (Å²) < 4.78 is 5.83. The van der Waals surface area contributed by atoms with Gasteiger partial charge in [-0.15, -0.1) is 11.3 Å². The number of aromatic nitrogens is 1. The highest BCUT2D eigenvalue weighted by atomic mass is 32.1. The van der Waals surface area contributed by atoms with Crippen molar-refractivity contribution in [2.24, 2.45) is 5.73 Å². The maximum Gasteiger partial charge on any atom is 0.154 e. The van der Waals surface area contributed by atoms with Gasteiger partial charge in [-0.3, -0.25) is 0 Å². The van der Waals surface area contributed by atoms with Crippen molar-refractivity contribution in [3.05, 3.63) is 40.7 Å². The average molecular weight is 272 g/mol. The highest BCUT2D eigenvalue weighted by molar-refractivity contribution is 7.10. The van der Waals surface area contributed by atoms with Crippen LogP contribution in [0.4, 0.5) is 0 Å². The topological polar surface area (TPSA) is 52.0 Å². The minimum absolute atomic E-state index is 0.0884. The van der Waals surface area contributed by atoms with Gasteiger partial charge in [0.05, 0.1) is 0 Å². The van der Waals surface area contributed by atoms with Crippen LogP contribution in [-0.2, 0) is 5.41 Å². The lowest BCUT2D eigenvalue weighted by Crippen LogP contribution is -2.27. The van der Waals surface area contributed by atoms with Crippen LogP contribution in [0.25, 0.3) is 22.4 Å². The number of para-hydroxylation sites is 1. The lowest BCUT2D eigenvalue weighted by atomic mass is 9.95. The minimum atomic E-state index is -0.0884. The summed E-state index contributed by atoms with van der Waals surface area (Å²) in [6, 6.07) is 10.0. The smallest absolute Gasteiger partial charge is 0.154 e. The predicted octanol–water partition coefficient (Wildman–Crippen LogP) is 3.79. The van der Waals surface area contributed by atoms with E-state index in [4.69, 9.17) is 10.2 Å². The monoisotopic (exact) mass is 272 g/mol. The van der Waals surface area contributed by atoms with Gasteiger partial charge in [-0.25, -0.2) is 4.98 Å². The molecule has 3 nitrogen and oxygen atoms in total. The lowest BCUT2D eigenvalue weighted by Gasteiger charge is -2.18. The third kappa shape index (κ3) is 2.17. The highest BCUT2D eigenvalue weighted by Crippen LogP contribution is 2.32. The largest absolute Gasteiger partial charge is 0.454 e. The van der Waals surface area contributed by atoms with Crippen molar-refractivity contribution >= 4 is 22.3 Å². The fraction of sp³-hybridized carbons (Fsp3) is 0.267. The van der Waals surface area contributed by atoms with Gasteiger partial charge in [-0.1, -0.05) is 32.0 Å². The van der Waals surface area contributed by atoms with E-state index in [-0.39, 0.29) is 5.41 Å². The first-order chi connectivity index (χ1) is 9.10. The summed E-state index contributed by atoms with van der Waals surface area (Å²) in [7, 11) is 0. The number of hydrogen-bond donors (Lipinski definition) is 1. The van der Waals surface area contributed by atoms with Gasteiger partial charge in [0.1, 0.15) is 16.3 Å². The van der Waals surface area contributed by atoms with E-state index in [0.29, 0.717) is 6.54 Å². The van der Waals surface area contributed by atoms with Crippen LogP contribution in [0.1, 0.15) is 18.9 Å². The zero-order chi connectivity index (χ0) is 13.5. The standard InChI is InChI=1S/C15H16N2OS/c1-15(2,9-16)14-17-11(8-19-14)13-7-10-5-3-4-6-12(10)18-13/h3-8H,9,16H2,1-2H3. The molecule has 3 aromatic rings. The number of nitrogens with zero attached hydrogens (tertiary/aromatic N) is 1. The van der Waals surface area contributed by atoms with Crippen LogP contribution >= 0.6 is 11.3 Å². The van der Waals surface area contributed by atoms with E-state index in [9.17, 15) is 0 Å². The molecule has 98 valence electrons. The number of nitrogens with two attached hydrogens (primary N) is 1. The van der Waals surface area contributed by atoms with Crippen LogP contribution in [0, 0.1) is 0 Å². The van der Waals surface area contributed by atoms with Crippen molar-refractivity contribution < 1.29 is 4.42 Å². The fourth-order valence-corrected chi connectivity index (χ4v) is 2.84. The van der Waals surface area contributed by atoms with Crippen molar-refractivity contribution in [2.45, 2.75) is 19.3 Å². The van der Waals surface area contributed by atoms with E-state index in [2.05, 4.69) is 18.8 Å². The molecule has 0 atom stereocenters. The summed E-state index contributed by atoms with van der Waals surface area (Å²) in [6.45, 7) is 4.79.